The highest BCUT2D eigenvalue weighted by Crippen LogP contribution is 2.31. The lowest BCUT2D eigenvalue weighted by Crippen LogP contribution is -1.93. The number of aryl methyl sites for hydroxylation is 3. The molecular formula is C18H22O. The molecule has 0 heterocycles. The Morgan fingerprint density at radius 1 is 0.842 bits per heavy atom. The molecular weight excluding hydrogens is 232 g/mol. The fourth-order valence-electron chi connectivity index (χ4n) is 2.49. The van der Waals surface area contributed by atoms with Crippen molar-refractivity contribution in [2.24, 2.45) is 0 Å². The maximum absolute atomic E-state index is 10.1. The fraction of sp³-hybridized carbons (Fsp3) is 0.333. The van der Waals surface area contributed by atoms with Crippen LogP contribution in [0.3, 0.4) is 0 Å². The summed E-state index contributed by atoms with van der Waals surface area (Å²) >= 11 is 0. The lowest BCUT2D eigenvalue weighted by atomic mass is 9.93. The van der Waals surface area contributed by atoms with E-state index in [4.69, 9.17) is 0 Å². The van der Waals surface area contributed by atoms with Crippen LogP contribution in [0.25, 0.3) is 11.1 Å². The van der Waals surface area contributed by atoms with Gasteiger partial charge in [0, 0.05) is 0 Å². The Kier molecular flexibility index (Phi) is 4.26. The number of hydrogen-bond acceptors (Lipinski definition) is 1. The van der Waals surface area contributed by atoms with Crippen LogP contribution < -0.4 is 0 Å². The zero-order valence-electron chi connectivity index (χ0n) is 12.0. The van der Waals surface area contributed by atoms with Crippen LogP contribution in [0.4, 0.5) is 0 Å². The Labute approximate surface area is 115 Å². The first-order valence-electron chi connectivity index (χ1n) is 7.13. The minimum Gasteiger partial charge on any atom is -0.508 e. The molecule has 0 aliphatic rings. The second kappa shape index (κ2) is 5.92. The van der Waals surface area contributed by atoms with E-state index in [1.807, 2.05) is 6.07 Å². The van der Waals surface area contributed by atoms with E-state index in [1.165, 1.54) is 16.7 Å². The number of benzene rings is 2. The highest BCUT2D eigenvalue weighted by molar-refractivity contribution is 5.70. The third kappa shape index (κ3) is 2.81. The van der Waals surface area contributed by atoms with Gasteiger partial charge in [-0.1, -0.05) is 51.1 Å². The van der Waals surface area contributed by atoms with Crippen LogP contribution in [0.1, 0.15) is 37.5 Å². The summed E-state index contributed by atoms with van der Waals surface area (Å²) in [6.45, 7) is 6.41. The Balaban J connectivity index is 2.57. The summed E-state index contributed by atoms with van der Waals surface area (Å²) < 4.78 is 0. The molecule has 2 aromatic rings. The molecule has 0 fully saturated rings. The zero-order valence-corrected chi connectivity index (χ0v) is 12.0. The topological polar surface area (TPSA) is 20.2 Å². The molecule has 0 bridgehead atoms. The van der Waals surface area contributed by atoms with Gasteiger partial charge < -0.3 is 5.11 Å². The second-order valence-corrected chi connectivity index (χ2v) is 4.90. The molecule has 0 amide bonds. The van der Waals surface area contributed by atoms with Crippen LogP contribution in [0.15, 0.2) is 36.4 Å². The van der Waals surface area contributed by atoms with Gasteiger partial charge in [-0.2, -0.15) is 0 Å². The van der Waals surface area contributed by atoms with Gasteiger partial charge in [0.15, 0.2) is 0 Å². The molecule has 0 saturated carbocycles. The van der Waals surface area contributed by atoms with Crippen molar-refractivity contribution < 1.29 is 5.11 Å². The quantitative estimate of drug-likeness (QED) is 0.835. The molecule has 0 aliphatic heterocycles. The third-order valence-corrected chi connectivity index (χ3v) is 3.71. The van der Waals surface area contributed by atoms with E-state index in [-0.39, 0.29) is 0 Å². The molecule has 2 aromatic carbocycles. The van der Waals surface area contributed by atoms with Gasteiger partial charge in [-0.3, -0.25) is 0 Å². The lowest BCUT2D eigenvalue weighted by molar-refractivity contribution is 0.469. The molecule has 0 spiro atoms. The maximum atomic E-state index is 10.1. The Bertz CT molecular complexity index is 570. The second-order valence-electron chi connectivity index (χ2n) is 4.90. The minimum absolute atomic E-state index is 0.414. The molecule has 1 nitrogen and oxygen atoms in total. The summed E-state index contributed by atoms with van der Waals surface area (Å²) in [7, 11) is 0. The van der Waals surface area contributed by atoms with Gasteiger partial charge in [-0.05, 0) is 53.1 Å². The average molecular weight is 254 g/mol. The van der Waals surface area contributed by atoms with E-state index in [9.17, 15) is 5.11 Å². The molecule has 2 rings (SSSR count). The molecule has 0 radical (unpaired) electrons. The molecule has 1 heteroatoms. The summed E-state index contributed by atoms with van der Waals surface area (Å²) in [5.74, 6) is 0.414. The Morgan fingerprint density at radius 2 is 1.58 bits per heavy atom. The van der Waals surface area contributed by atoms with Crippen molar-refractivity contribution in [3.63, 3.8) is 0 Å². The number of phenols is 1. The predicted molar refractivity (Wildman–Crippen MR) is 81.7 cm³/mol. The number of hydrogen-bond donors (Lipinski definition) is 1. The third-order valence-electron chi connectivity index (χ3n) is 3.71. The monoisotopic (exact) mass is 254 g/mol. The van der Waals surface area contributed by atoms with Crippen LogP contribution in [-0.4, -0.2) is 5.11 Å². The first-order valence-corrected chi connectivity index (χ1v) is 7.13. The molecule has 0 saturated heterocycles. The molecule has 0 aliphatic carbocycles. The van der Waals surface area contributed by atoms with E-state index in [0.29, 0.717) is 5.75 Å². The van der Waals surface area contributed by atoms with E-state index < -0.39 is 0 Å². The van der Waals surface area contributed by atoms with Crippen molar-refractivity contribution in [1.82, 2.24) is 0 Å². The van der Waals surface area contributed by atoms with Crippen LogP contribution in [0.2, 0.25) is 0 Å². The van der Waals surface area contributed by atoms with Crippen LogP contribution in [0.5, 0.6) is 5.75 Å². The molecule has 19 heavy (non-hydrogen) atoms. The van der Waals surface area contributed by atoms with Crippen LogP contribution in [-0.2, 0) is 19.3 Å². The summed E-state index contributed by atoms with van der Waals surface area (Å²) in [4.78, 5) is 0. The van der Waals surface area contributed by atoms with E-state index in [1.54, 1.807) is 0 Å². The number of phenolic OH excluding ortho intramolecular Hbond substituents is 1. The van der Waals surface area contributed by atoms with Crippen LogP contribution in [0, 0.1) is 0 Å². The lowest BCUT2D eigenvalue weighted by Gasteiger charge is -2.13. The van der Waals surface area contributed by atoms with Gasteiger partial charge in [0.2, 0.25) is 0 Å². The minimum atomic E-state index is 0.414. The van der Waals surface area contributed by atoms with Crippen molar-refractivity contribution in [2.45, 2.75) is 40.0 Å². The highest BCUT2D eigenvalue weighted by atomic mass is 16.3. The van der Waals surface area contributed by atoms with Gasteiger partial charge in [0.05, 0.1) is 0 Å². The van der Waals surface area contributed by atoms with Gasteiger partial charge in [-0.15, -0.1) is 0 Å². The summed E-state index contributed by atoms with van der Waals surface area (Å²) in [5.41, 5.74) is 6.04. The molecule has 0 unspecified atom stereocenters. The first-order chi connectivity index (χ1) is 9.19. The van der Waals surface area contributed by atoms with Crippen molar-refractivity contribution in [1.29, 1.82) is 0 Å². The fourth-order valence-corrected chi connectivity index (χ4v) is 2.49. The molecule has 100 valence electrons. The molecule has 0 atom stereocenters. The largest absolute Gasteiger partial charge is 0.508 e. The normalized spacial score (nSPS) is 10.7. The average Bonchev–Trinajstić information content (AvgIpc) is 2.47. The van der Waals surface area contributed by atoms with Crippen molar-refractivity contribution in [3.05, 3.63) is 53.1 Å². The Hall–Kier alpha value is -1.76. The standard InChI is InChI=1S/C18H22O/c1-4-13-8-7-9-16(10-13)17-12-18(19)15(6-3)11-14(17)5-2/h7-12,19H,4-6H2,1-3H3. The first kappa shape index (κ1) is 13.7. The van der Waals surface area contributed by atoms with Gasteiger partial charge in [0.25, 0.3) is 0 Å². The van der Waals surface area contributed by atoms with Gasteiger partial charge >= 0.3 is 0 Å². The van der Waals surface area contributed by atoms with Crippen LogP contribution >= 0.6 is 0 Å². The Morgan fingerprint density at radius 3 is 2.21 bits per heavy atom. The van der Waals surface area contributed by atoms with E-state index in [0.717, 1.165) is 30.4 Å². The van der Waals surface area contributed by atoms with Crippen molar-refractivity contribution in [2.75, 3.05) is 0 Å². The SMILES string of the molecule is CCc1cccc(-c2cc(O)c(CC)cc2CC)c1. The number of aromatic hydroxyl groups is 1. The maximum Gasteiger partial charge on any atom is 0.119 e. The zero-order chi connectivity index (χ0) is 13.8. The molecule has 1 N–H and O–H groups in total. The summed E-state index contributed by atoms with van der Waals surface area (Å²) in [5, 5.41) is 10.1. The van der Waals surface area contributed by atoms with Crippen molar-refractivity contribution >= 4 is 0 Å². The number of rotatable bonds is 4. The van der Waals surface area contributed by atoms with Gasteiger partial charge in [0.1, 0.15) is 5.75 Å². The van der Waals surface area contributed by atoms with Crippen molar-refractivity contribution in [3.8, 4) is 16.9 Å². The predicted octanol–water partition coefficient (Wildman–Crippen LogP) is 4.75. The molecule has 0 aromatic heterocycles. The smallest absolute Gasteiger partial charge is 0.119 e. The van der Waals surface area contributed by atoms with E-state index in [2.05, 4.69) is 51.1 Å². The summed E-state index contributed by atoms with van der Waals surface area (Å²) in [6.07, 6.45) is 2.89. The van der Waals surface area contributed by atoms with E-state index >= 15 is 0 Å². The summed E-state index contributed by atoms with van der Waals surface area (Å²) in [6, 6.07) is 12.7. The highest BCUT2D eigenvalue weighted by Gasteiger charge is 2.09. The van der Waals surface area contributed by atoms with Gasteiger partial charge in [-0.25, -0.2) is 0 Å².